The van der Waals surface area contributed by atoms with Gasteiger partial charge in [-0.15, -0.1) is 0 Å². The van der Waals surface area contributed by atoms with Crippen molar-refractivity contribution < 1.29 is 19.8 Å². The maximum Gasteiger partial charge on any atom is 0.158 e. The fourth-order valence-corrected chi connectivity index (χ4v) is 2.09. The average Bonchev–Trinajstić information content (AvgIpc) is 2.44. The summed E-state index contributed by atoms with van der Waals surface area (Å²) in [6.07, 6.45) is 13.6. The van der Waals surface area contributed by atoms with Crippen molar-refractivity contribution >= 4 is 11.6 Å². The Morgan fingerprint density at radius 1 is 0.957 bits per heavy atom. The van der Waals surface area contributed by atoms with Crippen LogP contribution in [-0.4, -0.2) is 34.0 Å². The van der Waals surface area contributed by atoms with Gasteiger partial charge in [-0.1, -0.05) is 50.1 Å². The molecule has 0 aliphatic rings. The molecule has 130 valence electrons. The fourth-order valence-electron chi connectivity index (χ4n) is 2.09. The number of hydrogen-bond donors (Lipinski definition) is 2. The highest BCUT2D eigenvalue weighted by molar-refractivity contribution is 5.90. The van der Waals surface area contributed by atoms with Crippen LogP contribution in [0.4, 0.5) is 0 Å². The Morgan fingerprint density at radius 2 is 1.61 bits per heavy atom. The Kier molecular flexibility index (Phi) is 13.2. The summed E-state index contributed by atoms with van der Waals surface area (Å²) in [6, 6.07) is 0. The zero-order chi connectivity index (χ0) is 17.5. The molecule has 0 spiro atoms. The summed E-state index contributed by atoms with van der Waals surface area (Å²) < 4.78 is 0. The second-order valence-electron chi connectivity index (χ2n) is 5.79. The number of carbonyl (C=O) groups excluding carboxylic acids is 2. The highest BCUT2D eigenvalue weighted by Crippen LogP contribution is 2.07. The van der Waals surface area contributed by atoms with Crippen LogP contribution < -0.4 is 0 Å². The summed E-state index contributed by atoms with van der Waals surface area (Å²) in [7, 11) is 0. The number of rotatable bonds is 13. The molecule has 0 rings (SSSR count). The number of allylic oxidation sites excluding steroid dienone is 6. The van der Waals surface area contributed by atoms with E-state index >= 15 is 0 Å². The Labute approximate surface area is 139 Å². The van der Waals surface area contributed by atoms with E-state index in [9.17, 15) is 19.8 Å². The largest absolute Gasteiger partial charge is 0.393 e. The SMILES string of the molecule is CCCCC/C=C/C=C/C=C/C(=O)C[C@@H](O)C[C@@H](O)CC(C)=O. The van der Waals surface area contributed by atoms with E-state index in [-0.39, 0.29) is 30.8 Å². The highest BCUT2D eigenvalue weighted by Gasteiger charge is 2.15. The number of ketones is 2. The summed E-state index contributed by atoms with van der Waals surface area (Å²) in [5.74, 6) is -0.340. The van der Waals surface area contributed by atoms with Crippen LogP contribution in [0.5, 0.6) is 0 Å². The Morgan fingerprint density at radius 3 is 2.26 bits per heavy atom. The molecule has 0 bridgehead atoms. The molecule has 0 unspecified atom stereocenters. The number of Topliss-reactive ketones (excluding diaryl/α,β-unsaturated/α-hetero) is 1. The van der Waals surface area contributed by atoms with Crippen LogP contribution in [0.25, 0.3) is 0 Å². The molecule has 0 radical (unpaired) electrons. The van der Waals surface area contributed by atoms with Gasteiger partial charge in [0.2, 0.25) is 0 Å². The van der Waals surface area contributed by atoms with Gasteiger partial charge in [-0.25, -0.2) is 0 Å². The van der Waals surface area contributed by atoms with Crippen molar-refractivity contribution in [1.82, 2.24) is 0 Å². The topological polar surface area (TPSA) is 74.6 Å². The summed E-state index contributed by atoms with van der Waals surface area (Å²) in [6.45, 7) is 3.56. The third-order valence-electron chi connectivity index (χ3n) is 3.23. The van der Waals surface area contributed by atoms with Crippen LogP contribution in [0.3, 0.4) is 0 Å². The standard InChI is InChI=1S/C19H30O4/c1-3-4-5-6-7-8-9-10-11-12-17(21)14-19(23)15-18(22)13-16(2)20/h7-12,18-19,22-23H,3-6,13-15H2,1-2H3/b8-7+,10-9+,12-11+/t18-,19+/m0/s1. The molecule has 0 fully saturated rings. The van der Waals surface area contributed by atoms with Crippen molar-refractivity contribution in [2.45, 2.75) is 71.0 Å². The van der Waals surface area contributed by atoms with E-state index in [1.807, 2.05) is 12.2 Å². The number of aliphatic hydroxyl groups excluding tert-OH is 2. The zero-order valence-electron chi connectivity index (χ0n) is 14.3. The van der Waals surface area contributed by atoms with Gasteiger partial charge in [0.1, 0.15) is 5.78 Å². The van der Waals surface area contributed by atoms with Gasteiger partial charge >= 0.3 is 0 Å². The average molecular weight is 322 g/mol. The minimum atomic E-state index is -0.927. The molecule has 23 heavy (non-hydrogen) atoms. The van der Waals surface area contributed by atoms with Gasteiger partial charge in [-0.2, -0.15) is 0 Å². The van der Waals surface area contributed by atoms with E-state index in [2.05, 4.69) is 13.0 Å². The fraction of sp³-hybridized carbons (Fsp3) is 0.579. The highest BCUT2D eigenvalue weighted by atomic mass is 16.3. The second kappa shape index (κ2) is 14.1. The molecule has 0 aliphatic carbocycles. The van der Waals surface area contributed by atoms with Crippen molar-refractivity contribution in [3.05, 3.63) is 36.5 Å². The van der Waals surface area contributed by atoms with E-state index in [0.717, 1.165) is 6.42 Å². The zero-order valence-corrected chi connectivity index (χ0v) is 14.3. The monoisotopic (exact) mass is 322 g/mol. The quantitative estimate of drug-likeness (QED) is 0.310. The predicted octanol–water partition coefficient (Wildman–Crippen LogP) is 3.29. The van der Waals surface area contributed by atoms with Crippen LogP contribution in [-0.2, 0) is 9.59 Å². The Hall–Kier alpha value is -1.52. The summed E-state index contributed by atoms with van der Waals surface area (Å²) in [4.78, 5) is 22.4. The first-order valence-corrected chi connectivity index (χ1v) is 8.34. The normalized spacial score (nSPS) is 14.8. The molecule has 0 aromatic carbocycles. The number of aliphatic hydroxyl groups is 2. The van der Waals surface area contributed by atoms with Crippen LogP contribution in [0.15, 0.2) is 36.5 Å². The minimum absolute atomic E-state index is 0.00835. The Bertz CT molecular complexity index is 421. The lowest BCUT2D eigenvalue weighted by Gasteiger charge is -2.13. The van der Waals surface area contributed by atoms with Crippen LogP contribution >= 0.6 is 0 Å². The molecule has 4 nitrogen and oxygen atoms in total. The van der Waals surface area contributed by atoms with Crippen LogP contribution in [0.2, 0.25) is 0 Å². The molecule has 2 N–H and O–H groups in total. The van der Waals surface area contributed by atoms with Gasteiger partial charge in [-0.3, -0.25) is 9.59 Å². The van der Waals surface area contributed by atoms with E-state index in [4.69, 9.17) is 0 Å². The molecule has 0 amide bonds. The molecule has 0 aliphatic heterocycles. The molecule has 0 aromatic heterocycles. The number of unbranched alkanes of at least 4 members (excludes halogenated alkanes) is 3. The summed E-state index contributed by atoms with van der Waals surface area (Å²) in [5, 5.41) is 19.2. The molecule has 0 aromatic rings. The van der Waals surface area contributed by atoms with E-state index in [1.165, 1.54) is 32.3 Å². The lowest BCUT2D eigenvalue weighted by atomic mass is 10.0. The molecule has 0 saturated carbocycles. The first-order chi connectivity index (χ1) is 11.0. The van der Waals surface area contributed by atoms with Crippen molar-refractivity contribution in [2.24, 2.45) is 0 Å². The first kappa shape index (κ1) is 21.5. The third kappa shape index (κ3) is 15.2. The van der Waals surface area contributed by atoms with Crippen LogP contribution in [0, 0.1) is 0 Å². The van der Waals surface area contributed by atoms with Crippen molar-refractivity contribution in [1.29, 1.82) is 0 Å². The van der Waals surface area contributed by atoms with Gasteiger partial charge in [0.05, 0.1) is 12.2 Å². The van der Waals surface area contributed by atoms with E-state index < -0.39 is 12.2 Å². The van der Waals surface area contributed by atoms with Gasteiger partial charge in [0.25, 0.3) is 0 Å². The lowest BCUT2D eigenvalue weighted by Crippen LogP contribution is -2.21. The number of carbonyl (C=O) groups is 2. The molecular weight excluding hydrogens is 292 g/mol. The van der Waals surface area contributed by atoms with E-state index in [0.29, 0.717) is 0 Å². The van der Waals surface area contributed by atoms with Crippen molar-refractivity contribution in [3.8, 4) is 0 Å². The smallest absolute Gasteiger partial charge is 0.158 e. The van der Waals surface area contributed by atoms with Crippen molar-refractivity contribution in [2.75, 3.05) is 0 Å². The molecule has 0 saturated heterocycles. The van der Waals surface area contributed by atoms with Gasteiger partial charge < -0.3 is 10.2 Å². The second-order valence-corrected chi connectivity index (χ2v) is 5.79. The lowest BCUT2D eigenvalue weighted by molar-refractivity contribution is -0.119. The molecule has 4 heteroatoms. The van der Waals surface area contributed by atoms with Gasteiger partial charge in [-0.05, 0) is 25.8 Å². The first-order valence-electron chi connectivity index (χ1n) is 8.34. The van der Waals surface area contributed by atoms with E-state index in [1.54, 1.807) is 12.2 Å². The van der Waals surface area contributed by atoms with Crippen LogP contribution in [0.1, 0.15) is 58.8 Å². The maximum atomic E-state index is 11.6. The minimum Gasteiger partial charge on any atom is -0.393 e. The number of hydrogen-bond acceptors (Lipinski definition) is 4. The molecule has 0 heterocycles. The molecule has 2 atom stereocenters. The molecular formula is C19H30O4. The maximum absolute atomic E-state index is 11.6. The Balaban J connectivity index is 3.93. The summed E-state index contributed by atoms with van der Waals surface area (Å²) in [5.41, 5.74) is 0. The van der Waals surface area contributed by atoms with Gasteiger partial charge in [0.15, 0.2) is 5.78 Å². The third-order valence-corrected chi connectivity index (χ3v) is 3.23. The van der Waals surface area contributed by atoms with Crippen molar-refractivity contribution in [3.63, 3.8) is 0 Å². The summed E-state index contributed by atoms with van der Waals surface area (Å²) >= 11 is 0. The van der Waals surface area contributed by atoms with Gasteiger partial charge in [0, 0.05) is 19.3 Å². The predicted molar refractivity (Wildman–Crippen MR) is 93.1 cm³/mol.